The van der Waals surface area contributed by atoms with Crippen molar-refractivity contribution in [2.45, 2.75) is 12.2 Å². The summed E-state index contributed by atoms with van der Waals surface area (Å²) in [5.41, 5.74) is 0. The normalized spacial score (nSPS) is 28.5. The maximum absolute atomic E-state index is 5.33. The van der Waals surface area contributed by atoms with Crippen LogP contribution >= 0.6 is 0 Å². The maximum atomic E-state index is 5.33. The second-order valence-corrected chi connectivity index (χ2v) is 4.56. The van der Waals surface area contributed by atoms with E-state index in [1.807, 2.05) is 12.2 Å². The first-order valence-electron chi connectivity index (χ1n) is 5.58. The summed E-state index contributed by atoms with van der Waals surface area (Å²) in [7, 11) is 0. The molecule has 0 radical (unpaired) electrons. The van der Waals surface area contributed by atoms with Gasteiger partial charge in [0.1, 0.15) is 25.3 Å². The molecule has 0 spiro atoms. The summed E-state index contributed by atoms with van der Waals surface area (Å²) in [5, 5.41) is 0. The molecule has 15 heavy (non-hydrogen) atoms. The zero-order valence-electron chi connectivity index (χ0n) is 9.23. The van der Waals surface area contributed by atoms with Gasteiger partial charge in [0.25, 0.3) is 0 Å². The second kappa shape index (κ2) is 4.47. The van der Waals surface area contributed by atoms with Crippen LogP contribution in [0.1, 0.15) is 0 Å². The molecular weight excluding hydrogens is 190 g/mol. The van der Waals surface area contributed by atoms with Crippen molar-refractivity contribution in [3.63, 3.8) is 0 Å². The summed E-state index contributed by atoms with van der Waals surface area (Å²) in [6.07, 6.45) is 4.88. The quantitative estimate of drug-likeness (QED) is 0.339. The van der Waals surface area contributed by atoms with Crippen molar-refractivity contribution < 1.29 is 14.0 Å². The molecule has 2 aliphatic heterocycles. The molecule has 2 unspecified atom stereocenters. The van der Waals surface area contributed by atoms with Gasteiger partial charge in [-0.1, -0.05) is 13.2 Å². The smallest absolute Gasteiger partial charge is 0.130 e. The van der Waals surface area contributed by atoms with E-state index in [-0.39, 0.29) is 0 Å². The van der Waals surface area contributed by atoms with E-state index in [9.17, 15) is 0 Å². The highest BCUT2D eigenvalue weighted by Crippen LogP contribution is 2.22. The fraction of sp³-hybridized carbons (Fsp3) is 0.667. The molecule has 3 nitrogen and oxygen atoms in total. The first kappa shape index (κ1) is 10.9. The fourth-order valence-electron chi connectivity index (χ4n) is 2.21. The highest BCUT2D eigenvalue weighted by molar-refractivity contribution is 4.80. The van der Waals surface area contributed by atoms with Crippen LogP contribution < -0.4 is 0 Å². The van der Waals surface area contributed by atoms with E-state index in [2.05, 4.69) is 13.2 Å². The molecule has 2 aliphatic rings. The highest BCUT2D eigenvalue weighted by Gasteiger charge is 2.40. The van der Waals surface area contributed by atoms with Gasteiger partial charge < -0.3 is 14.0 Å². The van der Waals surface area contributed by atoms with Crippen LogP contribution in [-0.2, 0) is 9.47 Å². The Hall–Kier alpha value is -0.640. The zero-order chi connectivity index (χ0) is 10.7. The van der Waals surface area contributed by atoms with Crippen molar-refractivity contribution in [3.05, 3.63) is 25.3 Å². The Balaban J connectivity index is 1.98. The van der Waals surface area contributed by atoms with Gasteiger partial charge in [0.2, 0.25) is 0 Å². The molecule has 0 saturated carbocycles. The Morgan fingerprint density at radius 3 is 1.67 bits per heavy atom. The summed E-state index contributed by atoms with van der Waals surface area (Å²) in [4.78, 5) is 0. The minimum absolute atomic E-state index is 0.448. The predicted molar refractivity (Wildman–Crippen MR) is 59.6 cm³/mol. The first-order valence-corrected chi connectivity index (χ1v) is 5.58. The molecule has 0 aromatic carbocycles. The predicted octanol–water partition coefficient (Wildman–Crippen LogP) is 0.973. The summed E-state index contributed by atoms with van der Waals surface area (Å²) in [5.74, 6) is 0. The van der Waals surface area contributed by atoms with Crippen molar-refractivity contribution in [1.29, 1.82) is 0 Å². The molecule has 0 aliphatic carbocycles. The van der Waals surface area contributed by atoms with E-state index in [4.69, 9.17) is 9.47 Å². The molecule has 2 saturated heterocycles. The van der Waals surface area contributed by atoms with E-state index in [0.717, 1.165) is 43.9 Å². The topological polar surface area (TPSA) is 25.1 Å². The lowest BCUT2D eigenvalue weighted by molar-refractivity contribution is -0.918. The summed E-state index contributed by atoms with van der Waals surface area (Å²) in [6, 6.07) is 0. The number of quaternary nitrogens is 1. The number of ether oxygens (including phenoxy) is 2. The van der Waals surface area contributed by atoms with Crippen LogP contribution in [0.3, 0.4) is 0 Å². The van der Waals surface area contributed by atoms with Gasteiger partial charge in [-0.05, 0) is 12.2 Å². The highest BCUT2D eigenvalue weighted by atomic mass is 16.6. The van der Waals surface area contributed by atoms with E-state index >= 15 is 0 Å². The summed E-state index contributed by atoms with van der Waals surface area (Å²) in [6.45, 7) is 13.6. The molecule has 2 atom stereocenters. The van der Waals surface area contributed by atoms with E-state index in [1.165, 1.54) is 0 Å². The lowest BCUT2D eigenvalue weighted by atomic mass is 10.2. The molecular formula is C12H20NO2+. The van der Waals surface area contributed by atoms with Crippen LogP contribution in [0.15, 0.2) is 25.3 Å². The number of rotatable bonds is 8. The van der Waals surface area contributed by atoms with Crippen molar-refractivity contribution in [2.75, 3.05) is 39.4 Å². The minimum Gasteiger partial charge on any atom is -0.367 e. The summed E-state index contributed by atoms with van der Waals surface area (Å²) < 4.78 is 11.7. The standard InChI is InChI=1S/C12H20NO2/c1-3-5-13(6-4-2,7-11-9-14-11)8-12-10-15-12/h3-4,11-12H,1-2,5-10H2/q+1. The van der Waals surface area contributed by atoms with Gasteiger partial charge in [-0.2, -0.15) is 0 Å². The lowest BCUT2D eigenvalue weighted by Crippen LogP contribution is -2.52. The van der Waals surface area contributed by atoms with Crippen molar-refractivity contribution in [1.82, 2.24) is 0 Å². The van der Waals surface area contributed by atoms with Crippen LogP contribution in [0, 0.1) is 0 Å². The third kappa shape index (κ3) is 3.16. The zero-order valence-corrected chi connectivity index (χ0v) is 9.23. The minimum atomic E-state index is 0.448. The Labute approximate surface area is 91.6 Å². The van der Waals surface area contributed by atoms with E-state index in [1.54, 1.807) is 0 Å². The van der Waals surface area contributed by atoms with Crippen molar-refractivity contribution in [3.8, 4) is 0 Å². The molecule has 2 heterocycles. The fourth-order valence-corrected chi connectivity index (χ4v) is 2.21. The van der Waals surface area contributed by atoms with Gasteiger partial charge in [0, 0.05) is 0 Å². The van der Waals surface area contributed by atoms with Gasteiger partial charge in [-0.25, -0.2) is 0 Å². The van der Waals surface area contributed by atoms with Crippen molar-refractivity contribution in [2.24, 2.45) is 0 Å². The first-order chi connectivity index (χ1) is 7.28. The molecule has 0 bridgehead atoms. The SMILES string of the molecule is C=CC[N+](CC=C)(CC1CO1)CC1CO1. The van der Waals surface area contributed by atoms with Crippen molar-refractivity contribution >= 4 is 0 Å². The molecule has 2 rings (SSSR count). The average Bonchev–Trinajstić information content (AvgIpc) is 3.02. The van der Waals surface area contributed by atoms with E-state index in [0.29, 0.717) is 12.2 Å². The molecule has 84 valence electrons. The maximum Gasteiger partial charge on any atom is 0.130 e. The Morgan fingerprint density at radius 1 is 1.00 bits per heavy atom. The van der Waals surface area contributed by atoms with Gasteiger partial charge in [-0.3, -0.25) is 0 Å². The molecule has 0 amide bonds. The van der Waals surface area contributed by atoms with Crippen LogP contribution in [-0.4, -0.2) is 56.1 Å². The number of hydrogen-bond acceptors (Lipinski definition) is 2. The van der Waals surface area contributed by atoms with E-state index < -0.39 is 0 Å². The number of hydrogen-bond donors (Lipinski definition) is 0. The molecule has 0 N–H and O–H groups in total. The molecule has 0 aromatic rings. The number of epoxide rings is 2. The Bertz CT molecular complexity index is 218. The molecule has 3 heteroatoms. The van der Waals surface area contributed by atoms with Gasteiger partial charge in [-0.15, -0.1) is 0 Å². The van der Waals surface area contributed by atoms with Crippen LogP contribution in [0.2, 0.25) is 0 Å². The second-order valence-electron chi connectivity index (χ2n) is 4.56. The lowest BCUT2D eigenvalue weighted by Gasteiger charge is -2.36. The monoisotopic (exact) mass is 210 g/mol. The largest absolute Gasteiger partial charge is 0.367 e. The molecule has 2 fully saturated rings. The third-order valence-electron chi connectivity index (χ3n) is 3.02. The summed E-state index contributed by atoms with van der Waals surface area (Å²) >= 11 is 0. The Kier molecular flexibility index (Phi) is 3.24. The number of nitrogens with zero attached hydrogens (tertiary/aromatic N) is 1. The van der Waals surface area contributed by atoms with Gasteiger partial charge in [0.05, 0.1) is 26.3 Å². The average molecular weight is 210 g/mol. The van der Waals surface area contributed by atoms with Gasteiger partial charge >= 0.3 is 0 Å². The molecule has 0 aromatic heterocycles. The van der Waals surface area contributed by atoms with Gasteiger partial charge in [0.15, 0.2) is 0 Å². The van der Waals surface area contributed by atoms with Crippen LogP contribution in [0.25, 0.3) is 0 Å². The van der Waals surface area contributed by atoms with Crippen LogP contribution in [0.5, 0.6) is 0 Å². The Morgan fingerprint density at radius 2 is 1.40 bits per heavy atom. The van der Waals surface area contributed by atoms with Crippen LogP contribution in [0.4, 0.5) is 0 Å². The third-order valence-corrected chi connectivity index (χ3v) is 3.02.